The van der Waals surface area contributed by atoms with Crippen molar-refractivity contribution < 1.29 is 36.3 Å². The van der Waals surface area contributed by atoms with Gasteiger partial charge in [-0.3, -0.25) is 14.3 Å². The second kappa shape index (κ2) is 10.4. The van der Waals surface area contributed by atoms with E-state index in [-0.39, 0.29) is 17.0 Å². The normalized spacial score (nSPS) is 11.9. The summed E-state index contributed by atoms with van der Waals surface area (Å²) < 4.78 is 58.5. The van der Waals surface area contributed by atoms with Crippen molar-refractivity contribution in [3.05, 3.63) is 89.5 Å². The summed E-state index contributed by atoms with van der Waals surface area (Å²) in [5, 5.41) is 2.56. The number of rotatable bonds is 8. The lowest BCUT2D eigenvalue weighted by Gasteiger charge is -2.14. The number of hydrogen-bond donors (Lipinski definition) is 2. The number of nitrogens with one attached hydrogen (secondary N) is 2. The van der Waals surface area contributed by atoms with Crippen LogP contribution in [-0.4, -0.2) is 32.2 Å². The van der Waals surface area contributed by atoms with E-state index < -0.39 is 44.5 Å². The fraction of sp³-hybridized carbons (Fsp3) is 0.125. The molecule has 3 aromatic rings. The lowest BCUT2D eigenvalue weighted by Crippen LogP contribution is -2.30. The maximum Gasteiger partial charge on any atom is 0.338 e. The van der Waals surface area contributed by atoms with Gasteiger partial charge >= 0.3 is 5.97 Å². The van der Waals surface area contributed by atoms with Crippen molar-refractivity contribution in [2.45, 2.75) is 24.8 Å². The second-order valence-electron chi connectivity index (χ2n) is 7.43. The van der Waals surface area contributed by atoms with Crippen molar-refractivity contribution in [1.82, 2.24) is 0 Å². The van der Waals surface area contributed by atoms with Gasteiger partial charge in [0.05, 0.1) is 10.5 Å². The predicted octanol–water partition coefficient (Wildman–Crippen LogP) is 4.15. The summed E-state index contributed by atoms with van der Waals surface area (Å²) in [4.78, 5) is 35.7. The van der Waals surface area contributed by atoms with Gasteiger partial charge in [0.25, 0.3) is 15.9 Å². The molecular weight excluding hydrogens is 482 g/mol. The first-order valence-corrected chi connectivity index (χ1v) is 11.7. The minimum atomic E-state index is -4.20. The average Bonchev–Trinajstić information content (AvgIpc) is 2.81. The number of sulfonamides is 1. The van der Waals surface area contributed by atoms with Crippen molar-refractivity contribution in [2.24, 2.45) is 0 Å². The van der Waals surface area contributed by atoms with Crippen LogP contribution < -0.4 is 10.0 Å². The first kappa shape index (κ1) is 25.5. The van der Waals surface area contributed by atoms with Gasteiger partial charge in [-0.1, -0.05) is 12.1 Å². The van der Waals surface area contributed by atoms with Gasteiger partial charge in [-0.2, -0.15) is 0 Å². The minimum absolute atomic E-state index is 0.0407. The Hall–Kier alpha value is -4.12. The third-order valence-electron chi connectivity index (χ3n) is 4.76. The fourth-order valence-electron chi connectivity index (χ4n) is 2.87. The molecule has 3 rings (SSSR count). The predicted molar refractivity (Wildman–Crippen MR) is 124 cm³/mol. The monoisotopic (exact) mass is 502 g/mol. The Morgan fingerprint density at radius 1 is 0.857 bits per heavy atom. The third kappa shape index (κ3) is 6.48. The van der Waals surface area contributed by atoms with Crippen LogP contribution >= 0.6 is 0 Å². The van der Waals surface area contributed by atoms with Gasteiger partial charge in [-0.15, -0.1) is 0 Å². The highest BCUT2D eigenvalue weighted by atomic mass is 32.2. The zero-order valence-corrected chi connectivity index (χ0v) is 19.4. The molecule has 182 valence electrons. The van der Waals surface area contributed by atoms with E-state index in [1.54, 1.807) is 18.2 Å². The molecule has 0 heterocycles. The van der Waals surface area contributed by atoms with Gasteiger partial charge in [0.1, 0.15) is 0 Å². The number of anilines is 2. The van der Waals surface area contributed by atoms with E-state index in [1.165, 1.54) is 44.2 Å². The van der Waals surface area contributed by atoms with Crippen LogP contribution in [0.15, 0.2) is 71.6 Å². The molecule has 1 atom stereocenters. The van der Waals surface area contributed by atoms with Gasteiger partial charge in [-0.05, 0) is 68.4 Å². The van der Waals surface area contributed by atoms with Crippen molar-refractivity contribution in [3.8, 4) is 0 Å². The van der Waals surface area contributed by atoms with Crippen molar-refractivity contribution in [3.63, 3.8) is 0 Å². The smallest absolute Gasteiger partial charge is 0.338 e. The van der Waals surface area contributed by atoms with Crippen LogP contribution in [-0.2, 0) is 19.6 Å². The Labute approximate surface area is 200 Å². The van der Waals surface area contributed by atoms with Crippen LogP contribution in [0.4, 0.5) is 20.2 Å². The standard InChI is InChI=1S/C24H20F2N2O6S/c1-14(29)17-4-3-5-19(12-17)27-23(30)15(2)34-24(31)16-6-8-18(9-7-16)28-35(32,33)20-10-11-21(25)22(26)13-20/h3-13,15,28H,1-2H3,(H,27,30)/t15-/m0/s1. The highest BCUT2D eigenvalue weighted by Crippen LogP contribution is 2.19. The van der Waals surface area contributed by atoms with Gasteiger partial charge in [0, 0.05) is 16.9 Å². The SMILES string of the molecule is CC(=O)c1cccc(NC(=O)[C@H](C)OC(=O)c2ccc(NS(=O)(=O)c3ccc(F)c(F)c3)cc2)c1. The van der Waals surface area contributed by atoms with Gasteiger partial charge in [0.2, 0.25) is 0 Å². The Morgan fingerprint density at radius 2 is 1.54 bits per heavy atom. The van der Waals surface area contributed by atoms with Crippen molar-refractivity contribution >= 4 is 39.1 Å². The van der Waals surface area contributed by atoms with E-state index in [0.717, 1.165) is 6.07 Å². The molecule has 0 spiro atoms. The van der Waals surface area contributed by atoms with Crippen LogP contribution in [0.3, 0.4) is 0 Å². The van der Waals surface area contributed by atoms with Crippen LogP contribution in [0.1, 0.15) is 34.6 Å². The summed E-state index contributed by atoms with van der Waals surface area (Å²) >= 11 is 0. The molecule has 8 nitrogen and oxygen atoms in total. The number of benzene rings is 3. The summed E-state index contributed by atoms with van der Waals surface area (Å²) in [6, 6.07) is 13.5. The number of ether oxygens (including phenoxy) is 1. The Morgan fingerprint density at radius 3 is 2.17 bits per heavy atom. The lowest BCUT2D eigenvalue weighted by molar-refractivity contribution is -0.123. The molecule has 0 aromatic heterocycles. The maximum absolute atomic E-state index is 13.4. The highest BCUT2D eigenvalue weighted by Gasteiger charge is 2.20. The zero-order valence-electron chi connectivity index (χ0n) is 18.5. The maximum atomic E-state index is 13.4. The fourth-order valence-corrected chi connectivity index (χ4v) is 3.94. The number of amides is 1. The summed E-state index contributed by atoms with van der Waals surface area (Å²) in [6.45, 7) is 2.76. The molecule has 0 unspecified atom stereocenters. The number of carbonyl (C=O) groups is 3. The number of halogens is 2. The Balaban J connectivity index is 1.62. The van der Waals surface area contributed by atoms with Crippen LogP contribution in [0.2, 0.25) is 0 Å². The Bertz CT molecular complexity index is 1390. The van der Waals surface area contributed by atoms with Gasteiger partial charge < -0.3 is 10.1 Å². The quantitative estimate of drug-likeness (QED) is 0.353. The molecule has 0 aliphatic carbocycles. The van der Waals surface area contributed by atoms with Crippen molar-refractivity contribution in [1.29, 1.82) is 0 Å². The molecule has 3 aromatic carbocycles. The number of ketones is 1. The molecule has 0 fully saturated rings. The molecule has 0 saturated carbocycles. The third-order valence-corrected chi connectivity index (χ3v) is 6.14. The topological polar surface area (TPSA) is 119 Å². The average molecular weight is 502 g/mol. The molecule has 0 radical (unpaired) electrons. The molecule has 2 N–H and O–H groups in total. The van der Waals surface area contributed by atoms with Crippen LogP contribution in [0.25, 0.3) is 0 Å². The number of esters is 1. The van der Waals surface area contributed by atoms with Crippen LogP contribution in [0, 0.1) is 11.6 Å². The van der Waals surface area contributed by atoms with E-state index in [9.17, 15) is 31.6 Å². The molecule has 11 heteroatoms. The number of hydrogen-bond acceptors (Lipinski definition) is 6. The minimum Gasteiger partial charge on any atom is -0.449 e. The van der Waals surface area contributed by atoms with E-state index in [4.69, 9.17) is 4.74 Å². The summed E-state index contributed by atoms with van der Waals surface area (Å²) in [6.07, 6.45) is -1.17. The summed E-state index contributed by atoms with van der Waals surface area (Å²) in [5.41, 5.74) is 0.873. The summed E-state index contributed by atoms with van der Waals surface area (Å²) in [7, 11) is -4.20. The van der Waals surface area contributed by atoms with E-state index in [1.807, 2.05) is 0 Å². The summed E-state index contributed by atoms with van der Waals surface area (Å²) in [5.74, 6) is -4.11. The lowest BCUT2D eigenvalue weighted by atomic mass is 10.1. The first-order valence-electron chi connectivity index (χ1n) is 10.2. The highest BCUT2D eigenvalue weighted by molar-refractivity contribution is 7.92. The molecule has 0 aliphatic heterocycles. The zero-order chi connectivity index (χ0) is 25.8. The van der Waals surface area contributed by atoms with Gasteiger partial charge in [0.15, 0.2) is 23.5 Å². The Kier molecular flexibility index (Phi) is 7.60. The first-order chi connectivity index (χ1) is 16.5. The van der Waals surface area contributed by atoms with E-state index >= 15 is 0 Å². The second-order valence-corrected chi connectivity index (χ2v) is 9.11. The van der Waals surface area contributed by atoms with E-state index in [2.05, 4.69) is 10.0 Å². The molecule has 0 saturated heterocycles. The van der Waals surface area contributed by atoms with Crippen molar-refractivity contribution in [2.75, 3.05) is 10.0 Å². The van der Waals surface area contributed by atoms with Gasteiger partial charge in [-0.25, -0.2) is 22.0 Å². The molecule has 0 bridgehead atoms. The number of Topliss-reactive ketones (excluding diaryl/α,β-unsaturated/α-hetero) is 1. The van der Waals surface area contributed by atoms with E-state index in [0.29, 0.717) is 23.4 Å². The molecule has 1 amide bonds. The molecule has 0 aliphatic rings. The molecular formula is C24H20F2N2O6S. The number of carbonyl (C=O) groups excluding carboxylic acids is 3. The molecule has 35 heavy (non-hydrogen) atoms. The largest absolute Gasteiger partial charge is 0.449 e. The van der Waals surface area contributed by atoms with Crippen LogP contribution in [0.5, 0.6) is 0 Å².